The normalized spacial score (nSPS) is 10.8. The van der Waals surface area contributed by atoms with E-state index in [4.69, 9.17) is 0 Å². The summed E-state index contributed by atoms with van der Waals surface area (Å²) in [6.07, 6.45) is 1.83. The lowest BCUT2D eigenvalue weighted by Gasteiger charge is -2.07. The maximum Gasteiger partial charge on any atom is 0.255 e. The molecular weight excluding hydrogens is 353 g/mol. The number of nitrogens with zero attached hydrogens (tertiary/aromatic N) is 2. The van der Waals surface area contributed by atoms with Crippen molar-refractivity contribution in [3.05, 3.63) is 45.3 Å². The van der Waals surface area contributed by atoms with Crippen molar-refractivity contribution in [2.75, 3.05) is 5.32 Å². The molecule has 0 fully saturated rings. The van der Waals surface area contributed by atoms with Crippen molar-refractivity contribution >= 4 is 34.2 Å². The summed E-state index contributed by atoms with van der Waals surface area (Å²) in [7, 11) is 1.85. The summed E-state index contributed by atoms with van der Waals surface area (Å²) in [4.78, 5) is 12.2. The maximum atomic E-state index is 12.2. The lowest BCUT2D eigenvalue weighted by molar-refractivity contribution is 0.102. The zero-order valence-electron chi connectivity index (χ0n) is 11.1. The first-order valence-corrected chi connectivity index (χ1v) is 7.15. The van der Waals surface area contributed by atoms with Gasteiger partial charge in [-0.05, 0) is 52.8 Å². The number of hydrogen-bond acceptors (Lipinski definition) is 2. The van der Waals surface area contributed by atoms with E-state index in [2.05, 4.69) is 46.9 Å². The van der Waals surface area contributed by atoms with Crippen molar-refractivity contribution in [1.82, 2.24) is 9.78 Å². The molecule has 100 valence electrons. The third-order valence-corrected chi connectivity index (χ3v) is 3.48. The number of aryl methyl sites for hydroxylation is 1. The SMILES string of the molecule is CC(C)c1nn(C)cc1NC(=O)c1ccc(I)cc1. The Morgan fingerprint density at radius 1 is 1.32 bits per heavy atom. The summed E-state index contributed by atoms with van der Waals surface area (Å²) < 4.78 is 2.83. The van der Waals surface area contributed by atoms with Crippen molar-refractivity contribution in [2.45, 2.75) is 19.8 Å². The van der Waals surface area contributed by atoms with Crippen molar-refractivity contribution < 1.29 is 4.79 Å². The van der Waals surface area contributed by atoms with Crippen LogP contribution < -0.4 is 5.32 Å². The van der Waals surface area contributed by atoms with Gasteiger partial charge in [-0.15, -0.1) is 0 Å². The van der Waals surface area contributed by atoms with Crippen LogP contribution in [-0.2, 0) is 7.05 Å². The molecule has 1 aromatic heterocycles. The summed E-state index contributed by atoms with van der Waals surface area (Å²) in [5, 5.41) is 7.30. The zero-order chi connectivity index (χ0) is 14.0. The van der Waals surface area contributed by atoms with Crippen LogP contribution in [-0.4, -0.2) is 15.7 Å². The molecule has 0 atom stereocenters. The van der Waals surface area contributed by atoms with Gasteiger partial charge in [0, 0.05) is 22.4 Å². The second-order valence-corrected chi connectivity index (χ2v) is 5.96. The monoisotopic (exact) mass is 369 g/mol. The quantitative estimate of drug-likeness (QED) is 0.844. The minimum atomic E-state index is -0.105. The van der Waals surface area contributed by atoms with Gasteiger partial charge in [0.1, 0.15) is 0 Å². The second-order valence-electron chi connectivity index (χ2n) is 4.72. The minimum absolute atomic E-state index is 0.105. The zero-order valence-corrected chi connectivity index (χ0v) is 13.3. The molecule has 5 heteroatoms. The average molecular weight is 369 g/mol. The van der Waals surface area contributed by atoms with Crippen LogP contribution in [0.4, 0.5) is 5.69 Å². The van der Waals surface area contributed by atoms with Crippen LogP contribution in [0.2, 0.25) is 0 Å². The highest BCUT2D eigenvalue weighted by Gasteiger charge is 2.14. The molecule has 0 spiro atoms. The Morgan fingerprint density at radius 2 is 1.95 bits per heavy atom. The summed E-state index contributed by atoms with van der Waals surface area (Å²) >= 11 is 2.22. The van der Waals surface area contributed by atoms with E-state index in [-0.39, 0.29) is 11.8 Å². The van der Waals surface area contributed by atoms with Gasteiger partial charge in [-0.3, -0.25) is 9.48 Å². The molecular formula is C14H16IN3O. The Hall–Kier alpha value is -1.37. The number of nitrogens with one attached hydrogen (secondary N) is 1. The van der Waals surface area contributed by atoms with Gasteiger partial charge in [0.15, 0.2) is 0 Å². The van der Waals surface area contributed by atoms with E-state index in [0.717, 1.165) is 15.0 Å². The van der Waals surface area contributed by atoms with Crippen LogP contribution in [0.15, 0.2) is 30.5 Å². The van der Waals surface area contributed by atoms with E-state index in [1.807, 2.05) is 37.5 Å². The fourth-order valence-corrected chi connectivity index (χ4v) is 2.18. The largest absolute Gasteiger partial charge is 0.319 e. The van der Waals surface area contributed by atoms with Crippen molar-refractivity contribution in [1.29, 1.82) is 0 Å². The van der Waals surface area contributed by atoms with Gasteiger partial charge in [-0.1, -0.05) is 13.8 Å². The second kappa shape index (κ2) is 5.73. The van der Waals surface area contributed by atoms with Crippen molar-refractivity contribution in [3.63, 3.8) is 0 Å². The van der Waals surface area contributed by atoms with Crippen LogP contribution in [0.3, 0.4) is 0 Å². The third kappa shape index (κ3) is 3.34. The van der Waals surface area contributed by atoms with E-state index in [1.165, 1.54) is 0 Å². The summed E-state index contributed by atoms with van der Waals surface area (Å²) in [6.45, 7) is 4.12. The van der Waals surface area contributed by atoms with E-state index < -0.39 is 0 Å². The highest BCUT2D eigenvalue weighted by Crippen LogP contribution is 2.22. The molecule has 1 aromatic carbocycles. The first-order valence-electron chi connectivity index (χ1n) is 6.08. The molecule has 2 rings (SSSR count). The van der Waals surface area contributed by atoms with Crippen LogP contribution in [0.5, 0.6) is 0 Å². The molecule has 19 heavy (non-hydrogen) atoms. The molecule has 0 aliphatic rings. The molecule has 0 aliphatic heterocycles. The fraction of sp³-hybridized carbons (Fsp3) is 0.286. The number of amides is 1. The van der Waals surface area contributed by atoms with Crippen molar-refractivity contribution in [3.8, 4) is 0 Å². The van der Waals surface area contributed by atoms with Gasteiger partial charge in [0.05, 0.1) is 11.4 Å². The lowest BCUT2D eigenvalue weighted by Crippen LogP contribution is -2.12. The van der Waals surface area contributed by atoms with E-state index in [1.54, 1.807) is 4.68 Å². The summed E-state index contributed by atoms with van der Waals surface area (Å²) in [5.41, 5.74) is 2.33. The number of rotatable bonds is 3. The highest BCUT2D eigenvalue weighted by atomic mass is 127. The predicted molar refractivity (Wildman–Crippen MR) is 84.4 cm³/mol. The number of carbonyl (C=O) groups excluding carboxylic acids is 1. The molecule has 0 radical (unpaired) electrons. The molecule has 2 aromatic rings. The molecule has 0 bridgehead atoms. The molecule has 0 unspecified atom stereocenters. The van der Waals surface area contributed by atoms with E-state index in [0.29, 0.717) is 5.56 Å². The number of anilines is 1. The third-order valence-electron chi connectivity index (χ3n) is 2.76. The Labute approximate surface area is 126 Å². The van der Waals surface area contributed by atoms with Gasteiger partial charge in [-0.25, -0.2) is 0 Å². The highest BCUT2D eigenvalue weighted by molar-refractivity contribution is 14.1. The molecule has 4 nitrogen and oxygen atoms in total. The molecule has 0 saturated heterocycles. The first-order chi connectivity index (χ1) is 8.97. The van der Waals surface area contributed by atoms with Crippen LogP contribution in [0, 0.1) is 3.57 Å². The fourth-order valence-electron chi connectivity index (χ4n) is 1.82. The number of benzene rings is 1. The van der Waals surface area contributed by atoms with E-state index >= 15 is 0 Å². The standard InChI is InChI=1S/C14H16IN3O/c1-9(2)13-12(8-18(3)17-13)16-14(19)10-4-6-11(15)7-5-10/h4-9H,1-3H3,(H,16,19). The average Bonchev–Trinajstić information content (AvgIpc) is 2.71. The molecule has 0 saturated carbocycles. The number of carbonyl (C=O) groups is 1. The summed E-state index contributed by atoms with van der Waals surface area (Å²) in [6, 6.07) is 7.48. The van der Waals surface area contributed by atoms with Gasteiger partial charge in [-0.2, -0.15) is 5.10 Å². The Morgan fingerprint density at radius 3 is 2.53 bits per heavy atom. The van der Waals surface area contributed by atoms with Gasteiger partial charge in [0.25, 0.3) is 5.91 Å². The molecule has 1 heterocycles. The van der Waals surface area contributed by atoms with Crippen LogP contribution >= 0.6 is 22.6 Å². The van der Waals surface area contributed by atoms with E-state index in [9.17, 15) is 4.79 Å². The van der Waals surface area contributed by atoms with Gasteiger partial charge in [0.2, 0.25) is 0 Å². The Balaban J connectivity index is 2.21. The Kier molecular flexibility index (Phi) is 4.24. The molecule has 0 aliphatic carbocycles. The number of aromatic nitrogens is 2. The van der Waals surface area contributed by atoms with Crippen molar-refractivity contribution in [2.24, 2.45) is 7.05 Å². The predicted octanol–water partition coefficient (Wildman–Crippen LogP) is 3.40. The summed E-state index contributed by atoms with van der Waals surface area (Å²) in [5.74, 6) is 0.166. The minimum Gasteiger partial charge on any atom is -0.319 e. The number of hydrogen-bond donors (Lipinski definition) is 1. The van der Waals surface area contributed by atoms with Crippen LogP contribution in [0.1, 0.15) is 35.8 Å². The Bertz CT molecular complexity index is 587. The maximum absolute atomic E-state index is 12.2. The molecule has 1 N–H and O–H groups in total. The van der Waals surface area contributed by atoms with Gasteiger partial charge >= 0.3 is 0 Å². The number of halogens is 1. The topological polar surface area (TPSA) is 46.9 Å². The molecule has 1 amide bonds. The van der Waals surface area contributed by atoms with Gasteiger partial charge < -0.3 is 5.32 Å². The first kappa shape index (κ1) is 14.0. The smallest absolute Gasteiger partial charge is 0.255 e. The lowest BCUT2D eigenvalue weighted by atomic mass is 10.1. The van der Waals surface area contributed by atoms with Crippen LogP contribution in [0.25, 0.3) is 0 Å².